The third-order valence-corrected chi connectivity index (χ3v) is 0.175. The first-order valence-electron chi connectivity index (χ1n) is 1.12. The Kier molecular flexibility index (Phi) is 9.71. The first-order valence-corrected chi connectivity index (χ1v) is 1.12. The van der Waals surface area contributed by atoms with E-state index in [4.69, 9.17) is 5.11 Å². The van der Waals surface area contributed by atoms with Crippen LogP contribution in [0.4, 0.5) is 0 Å². The zero-order chi connectivity index (χ0) is 4.28. The summed E-state index contributed by atoms with van der Waals surface area (Å²) in [5.41, 5.74) is 0. The Morgan fingerprint density at radius 1 is 1.83 bits per heavy atom. The molecule has 0 amide bonds. The van der Waals surface area contributed by atoms with Crippen LogP contribution in [-0.4, -0.2) is 62.5 Å². The number of aliphatic carboxylic acids is 1. The van der Waals surface area contributed by atoms with E-state index in [-0.39, 0.29) is 51.4 Å². The average molecular weight is 112 g/mol. The fraction of sp³-hybridized carbons (Fsp3) is 0. The van der Waals surface area contributed by atoms with Crippen LogP contribution in [0.5, 0.6) is 0 Å². The zero-order valence-corrected chi connectivity index (χ0v) is 2.64. The molecule has 0 aliphatic rings. The van der Waals surface area contributed by atoms with Crippen molar-refractivity contribution in [3.63, 3.8) is 0 Å². The molecular weight excluding hydrogens is 107 g/mol. The summed E-state index contributed by atoms with van der Waals surface area (Å²) in [6, 6.07) is 0. The van der Waals surface area contributed by atoms with Crippen molar-refractivity contribution in [2.75, 3.05) is 0 Å². The molecule has 0 fully saturated rings. The van der Waals surface area contributed by atoms with E-state index in [1.54, 1.807) is 0 Å². The molecular formula is C3H5KO2. The van der Waals surface area contributed by atoms with E-state index < -0.39 is 5.97 Å². The fourth-order valence-electron chi connectivity index (χ4n) is 0. The summed E-state index contributed by atoms with van der Waals surface area (Å²) >= 11 is 0. The van der Waals surface area contributed by atoms with Gasteiger partial charge in [-0.1, -0.05) is 6.58 Å². The molecule has 6 heavy (non-hydrogen) atoms. The van der Waals surface area contributed by atoms with Gasteiger partial charge in [-0.2, -0.15) is 0 Å². The minimum atomic E-state index is -0.981. The van der Waals surface area contributed by atoms with E-state index >= 15 is 0 Å². The molecule has 0 unspecified atom stereocenters. The molecule has 3 heteroatoms. The molecule has 0 bridgehead atoms. The van der Waals surface area contributed by atoms with Gasteiger partial charge in [-0.15, -0.1) is 0 Å². The van der Waals surface area contributed by atoms with Crippen LogP contribution in [0.2, 0.25) is 0 Å². The average Bonchev–Trinajstić information content (AvgIpc) is 1.38. The normalized spacial score (nSPS) is 5.33. The Morgan fingerprint density at radius 2 is 2.00 bits per heavy atom. The van der Waals surface area contributed by atoms with Crippen LogP contribution >= 0.6 is 0 Å². The molecule has 0 aromatic rings. The van der Waals surface area contributed by atoms with Crippen LogP contribution in [0.15, 0.2) is 12.7 Å². The quantitative estimate of drug-likeness (QED) is 0.370. The summed E-state index contributed by atoms with van der Waals surface area (Å²) < 4.78 is 0. The first kappa shape index (κ1) is 9.96. The monoisotopic (exact) mass is 112 g/mol. The molecule has 0 heterocycles. The molecule has 0 rings (SSSR count). The van der Waals surface area contributed by atoms with Crippen LogP contribution in [0, 0.1) is 0 Å². The first-order chi connectivity index (χ1) is 2.27. The van der Waals surface area contributed by atoms with Crippen molar-refractivity contribution in [1.29, 1.82) is 0 Å². The maximum atomic E-state index is 9.25. The van der Waals surface area contributed by atoms with Gasteiger partial charge in [0.1, 0.15) is 0 Å². The second-order valence-electron chi connectivity index (χ2n) is 0.542. The molecule has 0 saturated heterocycles. The Hall–Kier alpha value is 0.846. The Balaban J connectivity index is 0. The van der Waals surface area contributed by atoms with Crippen molar-refractivity contribution in [1.82, 2.24) is 0 Å². The second kappa shape index (κ2) is 5.85. The van der Waals surface area contributed by atoms with Gasteiger partial charge in [0.15, 0.2) is 0 Å². The Bertz CT molecular complexity index is 59.8. The van der Waals surface area contributed by atoms with Crippen LogP contribution in [0.3, 0.4) is 0 Å². The van der Waals surface area contributed by atoms with Gasteiger partial charge in [0, 0.05) is 6.08 Å². The molecule has 2 nitrogen and oxygen atoms in total. The number of hydrogen-bond acceptors (Lipinski definition) is 1. The third kappa shape index (κ3) is 8.85. The second-order valence-corrected chi connectivity index (χ2v) is 0.542. The van der Waals surface area contributed by atoms with Gasteiger partial charge in [0.05, 0.1) is 0 Å². The molecule has 1 N–H and O–H groups in total. The molecule has 0 saturated carbocycles. The van der Waals surface area contributed by atoms with E-state index in [2.05, 4.69) is 6.58 Å². The van der Waals surface area contributed by atoms with Gasteiger partial charge >= 0.3 is 57.4 Å². The molecule has 30 valence electrons. The molecule has 0 atom stereocenters. The van der Waals surface area contributed by atoms with Gasteiger partial charge < -0.3 is 5.11 Å². The van der Waals surface area contributed by atoms with Crippen molar-refractivity contribution < 1.29 is 9.90 Å². The van der Waals surface area contributed by atoms with E-state index in [1.807, 2.05) is 0 Å². The summed E-state index contributed by atoms with van der Waals surface area (Å²) in [5.74, 6) is -0.981. The molecule has 0 spiro atoms. The third-order valence-electron chi connectivity index (χ3n) is 0.175. The minimum absolute atomic E-state index is 0. The predicted molar refractivity (Wildman–Crippen MR) is 25.0 cm³/mol. The van der Waals surface area contributed by atoms with E-state index in [9.17, 15) is 4.79 Å². The van der Waals surface area contributed by atoms with Gasteiger partial charge in [-0.3, -0.25) is 0 Å². The van der Waals surface area contributed by atoms with Crippen molar-refractivity contribution >= 4 is 57.4 Å². The topological polar surface area (TPSA) is 37.3 Å². The number of rotatable bonds is 1. The van der Waals surface area contributed by atoms with Gasteiger partial charge in [-0.25, -0.2) is 4.79 Å². The van der Waals surface area contributed by atoms with Crippen molar-refractivity contribution in [3.8, 4) is 0 Å². The number of carbonyl (C=O) groups is 1. The van der Waals surface area contributed by atoms with E-state index in [0.29, 0.717) is 0 Å². The summed E-state index contributed by atoms with van der Waals surface area (Å²) in [4.78, 5) is 9.25. The Labute approximate surface area is 78.7 Å². The maximum absolute atomic E-state index is 9.25. The van der Waals surface area contributed by atoms with Crippen LogP contribution in [0.1, 0.15) is 0 Å². The molecule has 0 aromatic heterocycles. The van der Waals surface area contributed by atoms with Crippen molar-refractivity contribution in [3.05, 3.63) is 12.7 Å². The molecule has 0 aromatic carbocycles. The summed E-state index contributed by atoms with van der Waals surface area (Å²) in [5, 5.41) is 7.60. The van der Waals surface area contributed by atoms with Crippen molar-refractivity contribution in [2.24, 2.45) is 0 Å². The number of carboxylic acid groups (broad SMARTS) is 1. The number of hydrogen-bond donors (Lipinski definition) is 1. The Morgan fingerprint density at radius 3 is 2.00 bits per heavy atom. The van der Waals surface area contributed by atoms with Crippen LogP contribution < -0.4 is 0 Å². The fourth-order valence-corrected chi connectivity index (χ4v) is 0. The SMILES string of the molecule is C=CC(=O)O.[KH]. The molecule has 0 aliphatic carbocycles. The van der Waals surface area contributed by atoms with Crippen LogP contribution in [-0.2, 0) is 4.79 Å². The van der Waals surface area contributed by atoms with Gasteiger partial charge in [-0.05, 0) is 0 Å². The number of carboxylic acids is 1. The summed E-state index contributed by atoms with van der Waals surface area (Å²) in [7, 11) is 0. The summed E-state index contributed by atoms with van der Waals surface area (Å²) in [6.07, 6.45) is 0.833. The molecule has 0 aliphatic heterocycles. The van der Waals surface area contributed by atoms with Crippen molar-refractivity contribution in [2.45, 2.75) is 0 Å². The summed E-state index contributed by atoms with van der Waals surface area (Å²) in [6.45, 7) is 2.96. The molecule has 0 radical (unpaired) electrons. The zero-order valence-electron chi connectivity index (χ0n) is 2.64. The van der Waals surface area contributed by atoms with Crippen LogP contribution in [0.25, 0.3) is 0 Å². The van der Waals surface area contributed by atoms with Gasteiger partial charge in [0.25, 0.3) is 0 Å². The van der Waals surface area contributed by atoms with E-state index in [1.165, 1.54) is 0 Å². The van der Waals surface area contributed by atoms with E-state index in [0.717, 1.165) is 6.08 Å². The van der Waals surface area contributed by atoms with Gasteiger partial charge in [0.2, 0.25) is 0 Å². The predicted octanol–water partition coefficient (Wildman–Crippen LogP) is -0.392. The standard InChI is InChI=1S/C3H4O2.K.H/c1-2-3(4)5;;/h2H,1H2,(H,4,5);;.